The Kier molecular flexibility index (Phi) is 18.1. The zero-order valence-electron chi connectivity index (χ0n) is 19.9. The summed E-state index contributed by atoms with van der Waals surface area (Å²) < 4.78 is 17.4. The second kappa shape index (κ2) is 19.5. The molecular weight excluding hydrogens is 380 g/mol. The van der Waals surface area contributed by atoms with E-state index in [0.29, 0.717) is 13.2 Å². The Morgan fingerprint density at radius 2 is 1.00 bits per heavy atom. The minimum Gasteiger partial charge on any atom is -0.394 e. The van der Waals surface area contributed by atoms with Gasteiger partial charge in [-0.2, -0.15) is 0 Å². The van der Waals surface area contributed by atoms with Crippen molar-refractivity contribution in [2.45, 2.75) is 141 Å². The Balaban J connectivity index is 2.14. The molecule has 0 aromatic heterocycles. The standard InChI is InChI=1S/C25H50O5/c1-3-5-7-9-11-13-15-17-19-28-23-22(21-26)30-25(27)24(23)29-20-18-16-14-12-10-8-6-4-2/h22-27H,3-21H2,1-2H3/t22-,23-,24-,25-/m1/s1. The molecule has 5 nitrogen and oxygen atoms in total. The van der Waals surface area contributed by atoms with Gasteiger partial charge in [0, 0.05) is 13.2 Å². The molecule has 5 heteroatoms. The lowest BCUT2D eigenvalue weighted by atomic mass is 10.1. The molecule has 4 atom stereocenters. The Hall–Kier alpha value is -0.200. The summed E-state index contributed by atoms with van der Waals surface area (Å²) in [6, 6.07) is 0. The SMILES string of the molecule is CCCCCCCCCCO[C@@H]1[C@H](OCCCCCCCCCC)[C@@H](CO)O[C@H]1O. The Labute approximate surface area is 185 Å². The first-order valence-electron chi connectivity index (χ1n) is 12.9. The highest BCUT2D eigenvalue weighted by molar-refractivity contribution is 4.88. The van der Waals surface area contributed by atoms with E-state index in [-0.39, 0.29) is 12.7 Å². The van der Waals surface area contributed by atoms with Gasteiger partial charge in [-0.3, -0.25) is 0 Å². The van der Waals surface area contributed by atoms with Crippen LogP contribution in [0.3, 0.4) is 0 Å². The van der Waals surface area contributed by atoms with Crippen molar-refractivity contribution < 1.29 is 24.4 Å². The van der Waals surface area contributed by atoms with Crippen LogP contribution >= 0.6 is 0 Å². The van der Waals surface area contributed by atoms with Crippen LogP contribution in [0, 0.1) is 0 Å². The average Bonchev–Trinajstić information content (AvgIpc) is 3.06. The smallest absolute Gasteiger partial charge is 0.184 e. The van der Waals surface area contributed by atoms with Gasteiger partial charge in [0.25, 0.3) is 0 Å². The van der Waals surface area contributed by atoms with Crippen LogP contribution in [0.15, 0.2) is 0 Å². The van der Waals surface area contributed by atoms with Crippen LogP contribution in [-0.4, -0.2) is 54.6 Å². The Morgan fingerprint density at radius 1 is 0.600 bits per heavy atom. The molecule has 0 aromatic carbocycles. The molecule has 180 valence electrons. The van der Waals surface area contributed by atoms with Gasteiger partial charge in [0.05, 0.1) is 6.61 Å². The van der Waals surface area contributed by atoms with Gasteiger partial charge in [-0.05, 0) is 12.8 Å². The molecule has 1 rings (SSSR count). The lowest BCUT2D eigenvalue weighted by Crippen LogP contribution is -2.39. The number of hydrogen-bond donors (Lipinski definition) is 2. The van der Waals surface area contributed by atoms with Crippen molar-refractivity contribution in [3.05, 3.63) is 0 Å². The first kappa shape index (κ1) is 27.8. The minimum absolute atomic E-state index is 0.156. The number of hydrogen-bond acceptors (Lipinski definition) is 5. The number of unbranched alkanes of at least 4 members (excludes halogenated alkanes) is 14. The predicted molar refractivity (Wildman–Crippen MR) is 123 cm³/mol. The van der Waals surface area contributed by atoms with Crippen molar-refractivity contribution in [2.75, 3.05) is 19.8 Å². The molecule has 1 aliphatic heterocycles. The molecule has 0 bridgehead atoms. The lowest BCUT2D eigenvalue weighted by Gasteiger charge is -2.23. The van der Waals surface area contributed by atoms with Gasteiger partial charge >= 0.3 is 0 Å². The summed E-state index contributed by atoms with van der Waals surface area (Å²) in [5.41, 5.74) is 0. The zero-order valence-corrected chi connectivity index (χ0v) is 19.9. The van der Waals surface area contributed by atoms with E-state index in [2.05, 4.69) is 13.8 Å². The number of ether oxygens (including phenoxy) is 3. The summed E-state index contributed by atoms with van der Waals surface area (Å²) in [5.74, 6) is 0. The van der Waals surface area contributed by atoms with E-state index in [9.17, 15) is 10.2 Å². The van der Waals surface area contributed by atoms with E-state index in [1.165, 1.54) is 77.0 Å². The average molecular weight is 431 g/mol. The fourth-order valence-corrected chi connectivity index (χ4v) is 4.14. The lowest BCUT2D eigenvalue weighted by molar-refractivity contribution is -0.148. The quantitative estimate of drug-likeness (QED) is 0.227. The number of aliphatic hydroxyl groups excluding tert-OH is 2. The molecule has 1 aliphatic rings. The predicted octanol–water partition coefficient (Wildman–Crippen LogP) is 5.75. The van der Waals surface area contributed by atoms with Crippen molar-refractivity contribution in [1.29, 1.82) is 0 Å². The fourth-order valence-electron chi connectivity index (χ4n) is 4.14. The molecule has 0 aromatic rings. The first-order chi connectivity index (χ1) is 14.7. The van der Waals surface area contributed by atoms with E-state index >= 15 is 0 Å². The van der Waals surface area contributed by atoms with Gasteiger partial charge in [-0.1, -0.05) is 104 Å². The van der Waals surface area contributed by atoms with Gasteiger partial charge in [0.2, 0.25) is 0 Å². The van der Waals surface area contributed by atoms with Crippen LogP contribution in [0.25, 0.3) is 0 Å². The van der Waals surface area contributed by atoms with Crippen molar-refractivity contribution >= 4 is 0 Å². The topological polar surface area (TPSA) is 68.2 Å². The Morgan fingerprint density at radius 3 is 1.43 bits per heavy atom. The highest BCUT2D eigenvalue weighted by Crippen LogP contribution is 2.26. The maximum atomic E-state index is 10.2. The summed E-state index contributed by atoms with van der Waals surface area (Å²) in [6.07, 6.45) is 17.6. The number of rotatable bonds is 21. The molecule has 1 heterocycles. The van der Waals surface area contributed by atoms with Crippen LogP contribution in [-0.2, 0) is 14.2 Å². The summed E-state index contributed by atoms with van der Waals surface area (Å²) >= 11 is 0. The van der Waals surface area contributed by atoms with E-state index in [4.69, 9.17) is 14.2 Å². The third kappa shape index (κ3) is 12.6. The maximum Gasteiger partial charge on any atom is 0.184 e. The molecule has 2 N–H and O–H groups in total. The Bertz CT molecular complexity index is 365. The molecule has 30 heavy (non-hydrogen) atoms. The van der Waals surface area contributed by atoms with Crippen LogP contribution < -0.4 is 0 Å². The van der Waals surface area contributed by atoms with Crippen LogP contribution in [0.1, 0.15) is 117 Å². The molecule has 1 fully saturated rings. The normalized spacial score (nSPS) is 24.0. The molecule has 0 amide bonds. The first-order valence-corrected chi connectivity index (χ1v) is 12.9. The monoisotopic (exact) mass is 430 g/mol. The van der Waals surface area contributed by atoms with Gasteiger partial charge in [0.1, 0.15) is 18.3 Å². The highest BCUT2D eigenvalue weighted by atomic mass is 16.7. The van der Waals surface area contributed by atoms with Crippen molar-refractivity contribution in [3.63, 3.8) is 0 Å². The van der Waals surface area contributed by atoms with Gasteiger partial charge in [-0.15, -0.1) is 0 Å². The van der Waals surface area contributed by atoms with Crippen LogP contribution in [0.4, 0.5) is 0 Å². The molecule has 1 saturated heterocycles. The molecule has 0 aliphatic carbocycles. The third-order valence-corrected chi connectivity index (χ3v) is 6.08. The largest absolute Gasteiger partial charge is 0.394 e. The van der Waals surface area contributed by atoms with E-state index in [0.717, 1.165) is 25.7 Å². The highest BCUT2D eigenvalue weighted by Gasteiger charge is 2.45. The second-order valence-corrected chi connectivity index (χ2v) is 8.87. The van der Waals surface area contributed by atoms with Crippen LogP contribution in [0.2, 0.25) is 0 Å². The van der Waals surface area contributed by atoms with Crippen molar-refractivity contribution in [2.24, 2.45) is 0 Å². The summed E-state index contributed by atoms with van der Waals surface area (Å²) in [6.45, 7) is 5.57. The van der Waals surface area contributed by atoms with Crippen molar-refractivity contribution in [3.8, 4) is 0 Å². The summed E-state index contributed by atoms with van der Waals surface area (Å²) in [7, 11) is 0. The van der Waals surface area contributed by atoms with Gasteiger partial charge in [-0.25, -0.2) is 0 Å². The molecule has 0 radical (unpaired) electrons. The van der Waals surface area contributed by atoms with Gasteiger partial charge in [0.15, 0.2) is 6.29 Å². The van der Waals surface area contributed by atoms with Crippen molar-refractivity contribution in [1.82, 2.24) is 0 Å². The van der Waals surface area contributed by atoms with Gasteiger partial charge < -0.3 is 24.4 Å². The molecule has 0 saturated carbocycles. The summed E-state index contributed by atoms with van der Waals surface area (Å²) in [5, 5.41) is 19.8. The molecule has 0 unspecified atom stereocenters. The maximum absolute atomic E-state index is 10.2. The molecular formula is C25H50O5. The van der Waals surface area contributed by atoms with E-state index in [1.54, 1.807) is 0 Å². The minimum atomic E-state index is -1.01. The third-order valence-electron chi connectivity index (χ3n) is 6.08. The molecule has 0 spiro atoms. The van der Waals surface area contributed by atoms with E-state index in [1.807, 2.05) is 0 Å². The zero-order chi connectivity index (χ0) is 21.9. The second-order valence-electron chi connectivity index (χ2n) is 8.87. The van der Waals surface area contributed by atoms with E-state index < -0.39 is 18.5 Å². The number of aliphatic hydroxyl groups is 2. The van der Waals surface area contributed by atoms with Crippen LogP contribution in [0.5, 0.6) is 0 Å². The fraction of sp³-hybridized carbons (Fsp3) is 1.00. The summed E-state index contributed by atoms with van der Waals surface area (Å²) in [4.78, 5) is 0.